The van der Waals surface area contributed by atoms with Gasteiger partial charge in [0.05, 0.1) is 5.69 Å². The summed E-state index contributed by atoms with van der Waals surface area (Å²) >= 11 is 0. The molecule has 2 heterocycles. The fourth-order valence-electron chi connectivity index (χ4n) is 2.73. The molecule has 1 aliphatic rings. The molecule has 0 bridgehead atoms. The van der Waals surface area contributed by atoms with E-state index in [1.807, 2.05) is 18.4 Å². The summed E-state index contributed by atoms with van der Waals surface area (Å²) in [5, 5.41) is 2.87. The number of nitrogens with one attached hydrogen (secondary N) is 1. The standard InChI is InChI=1S/C20H21F4N5O/c21-18(22)20(23,24)30-16-4-1-3-15(13-16)27-19-26-9-5-17(28-19)14-6-11-29(12-7-14)10-2-8-25/h1,3-7,9,11,13,18H,2,8,10,12,25H2,(H,26,27,28). The third-order valence-corrected chi connectivity index (χ3v) is 4.21. The number of rotatable bonds is 9. The largest absolute Gasteiger partial charge is 0.461 e. The Bertz CT molecular complexity index is 920. The average Bonchev–Trinajstić information content (AvgIpc) is 2.73. The highest BCUT2D eigenvalue weighted by Crippen LogP contribution is 2.29. The molecule has 0 spiro atoms. The Kier molecular flexibility index (Phi) is 6.88. The lowest BCUT2D eigenvalue weighted by atomic mass is 10.1. The highest BCUT2D eigenvalue weighted by molar-refractivity contribution is 5.73. The summed E-state index contributed by atoms with van der Waals surface area (Å²) in [6.07, 6.45) is -0.0997. The van der Waals surface area contributed by atoms with Crippen LogP contribution in [-0.4, -0.2) is 47.0 Å². The van der Waals surface area contributed by atoms with Crippen LogP contribution in [0, 0.1) is 0 Å². The minimum atomic E-state index is -4.58. The number of aromatic nitrogens is 2. The first-order chi connectivity index (χ1) is 14.4. The second kappa shape index (κ2) is 9.57. The fourth-order valence-corrected chi connectivity index (χ4v) is 2.73. The molecule has 0 atom stereocenters. The lowest BCUT2D eigenvalue weighted by Gasteiger charge is -2.22. The van der Waals surface area contributed by atoms with Gasteiger partial charge < -0.3 is 20.7 Å². The van der Waals surface area contributed by atoms with Crippen LogP contribution in [0.2, 0.25) is 0 Å². The van der Waals surface area contributed by atoms with Crippen LogP contribution in [0.4, 0.5) is 29.2 Å². The zero-order valence-electron chi connectivity index (χ0n) is 15.9. The summed E-state index contributed by atoms with van der Waals surface area (Å²) in [5.41, 5.74) is 7.44. The van der Waals surface area contributed by atoms with E-state index in [1.54, 1.807) is 18.3 Å². The van der Waals surface area contributed by atoms with E-state index in [0.29, 0.717) is 17.9 Å². The summed E-state index contributed by atoms with van der Waals surface area (Å²) in [4.78, 5) is 10.7. The van der Waals surface area contributed by atoms with E-state index in [9.17, 15) is 17.6 Å². The maximum Gasteiger partial charge on any atom is 0.461 e. The lowest BCUT2D eigenvalue weighted by molar-refractivity contribution is -0.253. The van der Waals surface area contributed by atoms with Crippen molar-refractivity contribution in [2.45, 2.75) is 19.0 Å². The van der Waals surface area contributed by atoms with Crippen LogP contribution in [0.3, 0.4) is 0 Å². The van der Waals surface area contributed by atoms with Gasteiger partial charge in [0, 0.05) is 31.0 Å². The molecule has 1 aromatic heterocycles. The Hall–Kier alpha value is -3.14. The van der Waals surface area contributed by atoms with Crippen molar-refractivity contribution in [1.82, 2.24) is 14.9 Å². The number of allylic oxidation sites excluding steroid dienone is 2. The molecule has 1 aromatic carbocycles. The van der Waals surface area contributed by atoms with Gasteiger partial charge in [0.2, 0.25) is 5.95 Å². The van der Waals surface area contributed by atoms with Gasteiger partial charge in [-0.05, 0) is 49.0 Å². The second-order valence-corrected chi connectivity index (χ2v) is 6.50. The van der Waals surface area contributed by atoms with Crippen molar-refractivity contribution in [2.75, 3.05) is 25.0 Å². The maximum atomic E-state index is 13.1. The third-order valence-electron chi connectivity index (χ3n) is 4.21. The van der Waals surface area contributed by atoms with Gasteiger partial charge in [0.1, 0.15) is 5.75 Å². The minimum Gasteiger partial charge on any atom is -0.428 e. The van der Waals surface area contributed by atoms with Crippen LogP contribution in [0.1, 0.15) is 12.1 Å². The topological polar surface area (TPSA) is 76.3 Å². The predicted octanol–water partition coefficient (Wildman–Crippen LogP) is 4.02. The van der Waals surface area contributed by atoms with Gasteiger partial charge in [-0.3, -0.25) is 0 Å². The van der Waals surface area contributed by atoms with Crippen LogP contribution in [0.25, 0.3) is 5.57 Å². The van der Waals surface area contributed by atoms with Crippen molar-refractivity contribution in [3.8, 4) is 5.75 Å². The van der Waals surface area contributed by atoms with Crippen LogP contribution >= 0.6 is 0 Å². The van der Waals surface area contributed by atoms with E-state index >= 15 is 0 Å². The molecule has 0 fully saturated rings. The number of ether oxygens (including phenoxy) is 1. The van der Waals surface area contributed by atoms with E-state index in [2.05, 4.69) is 24.9 Å². The van der Waals surface area contributed by atoms with Gasteiger partial charge in [-0.1, -0.05) is 12.1 Å². The van der Waals surface area contributed by atoms with Crippen LogP contribution in [0.15, 0.2) is 54.9 Å². The third kappa shape index (κ3) is 5.69. The van der Waals surface area contributed by atoms with Crippen molar-refractivity contribution in [2.24, 2.45) is 5.73 Å². The fraction of sp³-hybridized carbons (Fsp3) is 0.300. The number of anilines is 2. The predicted molar refractivity (Wildman–Crippen MR) is 106 cm³/mol. The number of nitrogens with two attached hydrogens (primary N) is 1. The van der Waals surface area contributed by atoms with Crippen molar-refractivity contribution in [3.63, 3.8) is 0 Å². The Morgan fingerprint density at radius 1 is 1.27 bits per heavy atom. The number of nitrogens with zero attached hydrogens (tertiary/aromatic N) is 3. The monoisotopic (exact) mass is 423 g/mol. The number of halogens is 4. The summed E-state index contributed by atoms with van der Waals surface area (Å²) in [6.45, 7) is 2.24. The molecule has 30 heavy (non-hydrogen) atoms. The molecule has 3 rings (SSSR count). The van der Waals surface area contributed by atoms with Crippen molar-refractivity contribution < 1.29 is 22.3 Å². The summed E-state index contributed by atoms with van der Waals surface area (Å²) in [7, 11) is 0. The summed E-state index contributed by atoms with van der Waals surface area (Å²) < 4.78 is 55.0. The molecule has 0 amide bonds. The second-order valence-electron chi connectivity index (χ2n) is 6.50. The average molecular weight is 423 g/mol. The molecule has 3 N–H and O–H groups in total. The molecule has 1 aliphatic heterocycles. The van der Waals surface area contributed by atoms with Crippen molar-refractivity contribution in [1.29, 1.82) is 0 Å². The van der Waals surface area contributed by atoms with Gasteiger partial charge in [0.25, 0.3) is 0 Å². The van der Waals surface area contributed by atoms with E-state index in [4.69, 9.17) is 5.73 Å². The Morgan fingerprint density at radius 2 is 2.10 bits per heavy atom. The molecule has 0 radical (unpaired) electrons. The zero-order valence-corrected chi connectivity index (χ0v) is 15.9. The molecular formula is C20H21F4N5O. The highest BCUT2D eigenvalue weighted by atomic mass is 19.3. The zero-order chi connectivity index (χ0) is 21.6. The summed E-state index contributed by atoms with van der Waals surface area (Å²) in [6, 6.07) is 7.03. The smallest absolute Gasteiger partial charge is 0.428 e. The first kappa shape index (κ1) is 21.6. The Morgan fingerprint density at radius 3 is 2.80 bits per heavy atom. The number of alkyl halides is 4. The van der Waals surface area contributed by atoms with Gasteiger partial charge in [-0.15, -0.1) is 0 Å². The van der Waals surface area contributed by atoms with E-state index < -0.39 is 18.3 Å². The molecule has 6 nitrogen and oxygen atoms in total. The van der Waals surface area contributed by atoms with Gasteiger partial charge in [-0.2, -0.15) is 17.6 Å². The van der Waals surface area contributed by atoms with Crippen LogP contribution < -0.4 is 15.8 Å². The van der Waals surface area contributed by atoms with Gasteiger partial charge >= 0.3 is 12.5 Å². The number of hydrogen-bond donors (Lipinski definition) is 2. The maximum absolute atomic E-state index is 13.1. The molecule has 160 valence electrons. The van der Waals surface area contributed by atoms with E-state index in [0.717, 1.165) is 31.1 Å². The normalized spacial score (nSPS) is 14.1. The highest BCUT2D eigenvalue weighted by Gasteiger charge is 2.43. The van der Waals surface area contributed by atoms with E-state index in [1.165, 1.54) is 12.1 Å². The van der Waals surface area contributed by atoms with Crippen molar-refractivity contribution >= 4 is 17.2 Å². The molecule has 0 saturated heterocycles. The molecule has 10 heteroatoms. The Balaban J connectivity index is 1.68. The van der Waals surface area contributed by atoms with Gasteiger partial charge in [0.15, 0.2) is 0 Å². The van der Waals surface area contributed by atoms with Crippen LogP contribution in [-0.2, 0) is 0 Å². The van der Waals surface area contributed by atoms with Crippen molar-refractivity contribution in [3.05, 3.63) is 60.6 Å². The first-order valence-electron chi connectivity index (χ1n) is 9.25. The lowest BCUT2D eigenvalue weighted by Crippen LogP contribution is -2.33. The van der Waals surface area contributed by atoms with Crippen LogP contribution in [0.5, 0.6) is 5.75 Å². The number of hydrogen-bond acceptors (Lipinski definition) is 6. The molecule has 0 unspecified atom stereocenters. The molecule has 0 saturated carbocycles. The minimum absolute atomic E-state index is 0.227. The molecule has 2 aromatic rings. The SMILES string of the molecule is NCCCN1C=CC(c2ccnc(Nc3cccc(OC(F)(F)C(F)F)c3)n2)=CC1. The summed E-state index contributed by atoms with van der Waals surface area (Å²) in [5.74, 6) is -0.179. The Labute approximate surface area is 171 Å². The number of benzene rings is 1. The van der Waals surface area contributed by atoms with Gasteiger partial charge in [-0.25, -0.2) is 9.97 Å². The quantitative estimate of drug-likeness (QED) is 0.594. The molecular weight excluding hydrogens is 402 g/mol. The first-order valence-corrected chi connectivity index (χ1v) is 9.25. The molecule has 0 aliphatic carbocycles. The van der Waals surface area contributed by atoms with E-state index in [-0.39, 0.29) is 5.95 Å².